The largest absolute Gasteiger partial charge is 0.494 e. The first-order valence-electron chi connectivity index (χ1n) is 11.9. The zero-order valence-corrected chi connectivity index (χ0v) is 19.2. The van der Waals surface area contributed by atoms with Gasteiger partial charge in [0.25, 0.3) is 0 Å². The molecule has 5 rings (SSSR count). The Morgan fingerprint density at radius 2 is 1.85 bits per heavy atom. The van der Waals surface area contributed by atoms with Crippen LogP contribution in [0.3, 0.4) is 0 Å². The Bertz CT molecular complexity index is 1120. The first-order valence-corrected chi connectivity index (χ1v) is 11.9. The Labute approximate surface area is 195 Å². The summed E-state index contributed by atoms with van der Waals surface area (Å²) in [4.78, 5) is 5.79. The number of aromatic nitrogens is 1. The van der Waals surface area contributed by atoms with Crippen molar-refractivity contribution in [3.8, 4) is 11.8 Å². The molecule has 6 nitrogen and oxygen atoms in total. The summed E-state index contributed by atoms with van der Waals surface area (Å²) in [6.45, 7) is 6.17. The van der Waals surface area contributed by atoms with Crippen LogP contribution in [0.1, 0.15) is 48.3 Å². The fourth-order valence-electron chi connectivity index (χ4n) is 5.06. The minimum Gasteiger partial charge on any atom is -0.494 e. The van der Waals surface area contributed by atoms with Crippen LogP contribution in [0.2, 0.25) is 0 Å². The molecule has 1 N–H and O–H groups in total. The minimum absolute atomic E-state index is 0.0525. The van der Waals surface area contributed by atoms with Gasteiger partial charge in [-0.25, -0.2) is 0 Å². The fraction of sp³-hybridized carbons (Fsp3) is 0.444. The molecule has 0 saturated carbocycles. The maximum Gasteiger partial charge on any atom is 0.157 e. The van der Waals surface area contributed by atoms with E-state index in [2.05, 4.69) is 59.3 Å². The van der Waals surface area contributed by atoms with Crippen LogP contribution in [-0.2, 0) is 9.47 Å². The number of nitrogens with one attached hydrogen (secondary N) is 1. The summed E-state index contributed by atoms with van der Waals surface area (Å²) >= 11 is 0. The van der Waals surface area contributed by atoms with Crippen LogP contribution < -0.4 is 9.64 Å². The summed E-state index contributed by atoms with van der Waals surface area (Å²) in [5, 5.41) is 10.5. The molecule has 3 aromatic rings. The second-order valence-corrected chi connectivity index (χ2v) is 8.96. The van der Waals surface area contributed by atoms with Crippen molar-refractivity contribution in [1.29, 1.82) is 5.26 Å². The first kappa shape index (κ1) is 21.8. The molecule has 0 aliphatic carbocycles. The summed E-state index contributed by atoms with van der Waals surface area (Å²) in [7, 11) is 0. The van der Waals surface area contributed by atoms with Gasteiger partial charge in [-0.15, -0.1) is 0 Å². The number of aromatic amines is 1. The number of H-pyrrole nitrogens is 1. The first-order chi connectivity index (χ1) is 16.2. The number of ether oxygens (including phenoxy) is 3. The second-order valence-electron chi connectivity index (χ2n) is 8.96. The molecular formula is C27H31N3O3. The van der Waals surface area contributed by atoms with Crippen molar-refractivity contribution in [2.45, 2.75) is 44.8 Å². The van der Waals surface area contributed by atoms with Crippen LogP contribution in [-0.4, -0.2) is 44.2 Å². The molecule has 2 aromatic carbocycles. The highest BCUT2D eigenvalue weighted by molar-refractivity contribution is 5.97. The number of nitriles is 1. The topological polar surface area (TPSA) is 70.5 Å². The number of piperidine rings is 1. The summed E-state index contributed by atoms with van der Waals surface area (Å²) in [5.41, 5.74) is 5.53. The smallest absolute Gasteiger partial charge is 0.157 e. The third-order valence-electron chi connectivity index (χ3n) is 6.87. The highest BCUT2D eigenvalue weighted by Crippen LogP contribution is 2.35. The predicted octanol–water partition coefficient (Wildman–Crippen LogP) is 5.26. The van der Waals surface area contributed by atoms with Gasteiger partial charge in [0.15, 0.2) is 6.29 Å². The van der Waals surface area contributed by atoms with Crippen LogP contribution in [0.15, 0.2) is 42.6 Å². The monoisotopic (exact) mass is 445 g/mol. The molecule has 0 amide bonds. The van der Waals surface area contributed by atoms with Gasteiger partial charge in [-0.2, -0.15) is 5.26 Å². The molecule has 2 saturated heterocycles. The van der Waals surface area contributed by atoms with Crippen LogP contribution in [0.4, 0.5) is 5.69 Å². The quantitative estimate of drug-likeness (QED) is 0.502. The molecule has 3 heterocycles. The van der Waals surface area contributed by atoms with Gasteiger partial charge in [-0.3, -0.25) is 0 Å². The maximum absolute atomic E-state index is 9.43. The van der Waals surface area contributed by atoms with Crippen LogP contribution in [0, 0.1) is 18.3 Å². The average molecular weight is 446 g/mol. The lowest BCUT2D eigenvalue weighted by Gasteiger charge is -2.34. The number of hydrogen-bond donors (Lipinski definition) is 1. The average Bonchev–Trinajstić information content (AvgIpc) is 3.53. The second kappa shape index (κ2) is 9.86. The minimum atomic E-state index is -0.0525. The van der Waals surface area contributed by atoms with Crippen LogP contribution >= 0.6 is 0 Å². The number of aryl methyl sites for hydroxylation is 1. The van der Waals surface area contributed by atoms with E-state index in [0.717, 1.165) is 66.6 Å². The van der Waals surface area contributed by atoms with Gasteiger partial charge in [0, 0.05) is 31.1 Å². The van der Waals surface area contributed by atoms with Crippen molar-refractivity contribution in [2.75, 3.05) is 37.8 Å². The van der Waals surface area contributed by atoms with Crippen molar-refractivity contribution >= 4 is 16.6 Å². The van der Waals surface area contributed by atoms with Gasteiger partial charge < -0.3 is 24.1 Å². The lowest BCUT2D eigenvalue weighted by Crippen LogP contribution is -2.33. The SMILES string of the molecule is Cc1ccc(N2CCC(c3ccc(OCCCC4OCCO4)cc3)CC2)c2[nH]cc(C#N)c12. The summed E-state index contributed by atoms with van der Waals surface area (Å²) in [6.07, 6.45) is 5.81. The van der Waals surface area contributed by atoms with E-state index in [1.165, 1.54) is 11.3 Å². The third kappa shape index (κ3) is 4.71. The molecule has 0 spiro atoms. The Kier molecular flexibility index (Phi) is 6.52. The highest BCUT2D eigenvalue weighted by atomic mass is 16.7. The molecule has 33 heavy (non-hydrogen) atoms. The predicted molar refractivity (Wildman–Crippen MR) is 129 cm³/mol. The van der Waals surface area contributed by atoms with E-state index in [9.17, 15) is 5.26 Å². The molecule has 1 aromatic heterocycles. The molecule has 2 aliphatic heterocycles. The van der Waals surface area contributed by atoms with Crippen molar-refractivity contribution < 1.29 is 14.2 Å². The van der Waals surface area contributed by atoms with Gasteiger partial charge in [-0.1, -0.05) is 18.2 Å². The maximum atomic E-state index is 9.43. The third-order valence-corrected chi connectivity index (χ3v) is 6.87. The number of fused-ring (bicyclic) bond motifs is 1. The number of benzene rings is 2. The van der Waals surface area contributed by atoms with E-state index in [1.807, 2.05) is 6.20 Å². The van der Waals surface area contributed by atoms with Crippen LogP contribution in [0.25, 0.3) is 10.9 Å². The zero-order chi connectivity index (χ0) is 22.6. The standard InChI is InChI=1S/C27H31N3O3/c1-19-4-9-24(27-26(19)22(17-28)18-29-27)30-12-10-21(11-13-30)20-5-7-23(8-6-20)31-14-2-3-25-32-15-16-33-25/h4-9,18,21,25,29H,2-3,10-16H2,1H3. The summed E-state index contributed by atoms with van der Waals surface area (Å²) < 4.78 is 16.8. The summed E-state index contributed by atoms with van der Waals surface area (Å²) in [5.74, 6) is 1.48. The normalized spacial score (nSPS) is 17.5. The lowest BCUT2D eigenvalue weighted by atomic mass is 9.89. The Morgan fingerprint density at radius 3 is 2.58 bits per heavy atom. The van der Waals surface area contributed by atoms with Crippen LogP contribution in [0.5, 0.6) is 5.75 Å². The molecule has 0 atom stereocenters. The number of rotatable bonds is 7. The van der Waals surface area contributed by atoms with E-state index in [0.29, 0.717) is 25.7 Å². The van der Waals surface area contributed by atoms with Crippen molar-refractivity contribution in [2.24, 2.45) is 0 Å². The highest BCUT2D eigenvalue weighted by Gasteiger charge is 2.23. The van der Waals surface area contributed by atoms with Gasteiger partial charge in [0.1, 0.15) is 11.8 Å². The van der Waals surface area contributed by atoms with E-state index >= 15 is 0 Å². The van der Waals surface area contributed by atoms with Gasteiger partial charge >= 0.3 is 0 Å². The molecule has 2 aliphatic rings. The molecule has 6 heteroatoms. The molecule has 0 unspecified atom stereocenters. The molecule has 0 bridgehead atoms. The zero-order valence-electron chi connectivity index (χ0n) is 19.2. The Morgan fingerprint density at radius 1 is 1.09 bits per heavy atom. The van der Waals surface area contributed by atoms with Crippen molar-refractivity contribution in [1.82, 2.24) is 4.98 Å². The number of nitrogens with zero attached hydrogens (tertiary/aromatic N) is 2. The van der Waals surface area contributed by atoms with E-state index < -0.39 is 0 Å². The van der Waals surface area contributed by atoms with E-state index in [4.69, 9.17) is 14.2 Å². The number of hydrogen-bond acceptors (Lipinski definition) is 5. The Hall–Kier alpha value is -3.01. The molecule has 2 fully saturated rings. The Balaban J connectivity index is 1.15. The summed E-state index contributed by atoms with van der Waals surface area (Å²) in [6, 6.07) is 15.2. The van der Waals surface area contributed by atoms with Gasteiger partial charge in [0.2, 0.25) is 0 Å². The molecular weight excluding hydrogens is 414 g/mol. The van der Waals surface area contributed by atoms with E-state index in [-0.39, 0.29) is 6.29 Å². The van der Waals surface area contributed by atoms with Gasteiger partial charge in [0.05, 0.1) is 36.6 Å². The van der Waals surface area contributed by atoms with Gasteiger partial charge in [-0.05, 0) is 61.4 Å². The van der Waals surface area contributed by atoms with Crippen molar-refractivity contribution in [3.05, 3.63) is 59.3 Å². The van der Waals surface area contributed by atoms with Crippen molar-refractivity contribution in [3.63, 3.8) is 0 Å². The lowest BCUT2D eigenvalue weighted by molar-refractivity contribution is -0.0492. The number of anilines is 1. The molecule has 0 radical (unpaired) electrons. The molecule has 172 valence electrons. The fourth-order valence-corrected chi connectivity index (χ4v) is 5.06. The van der Waals surface area contributed by atoms with E-state index in [1.54, 1.807) is 0 Å².